The molecule has 2 atom stereocenters. The largest absolute Gasteiger partial charge is 0.508 e. The van der Waals surface area contributed by atoms with Crippen LogP contribution in [0.15, 0.2) is 36.4 Å². The first-order valence-corrected chi connectivity index (χ1v) is 28.6. The Morgan fingerprint density at radius 3 is 0.778 bits per heavy atom. The highest BCUT2D eigenvalue weighted by Crippen LogP contribution is 2.42. The summed E-state index contributed by atoms with van der Waals surface area (Å²) in [5.41, 5.74) is 4.71. The fraction of sp³-hybridized carbons (Fsp3) is 0.803. The molecule has 2 aromatic rings. The summed E-state index contributed by atoms with van der Waals surface area (Å²) in [6.07, 6.45) is 55.5. The van der Waals surface area contributed by atoms with E-state index in [1.807, 2.05) is 12.1 Å². The first kappa shape index (κ1) is 57.2. The molecule has 0 amide bonds. The molecule has 63 heavy (non-hydrogen) atoms. The molecule has 0 aliphatic carbocycles. The lowest BCUT2D eigenvalue weighted by Gasteiger charge is -2.24. The van der Waals surface area contributed by atoms with Gasteiger partial charge in [0.05, 0.1) is 0 Å². The third-order valence-corrected chi connectivity index (χ3v) is 14.8. The van der Waals surface area contributed by atoms with Crippen LogP contribution in [-0.2, 0) is 0 Å². The van der Waals surface area contributed by atoms with Crippen LogP contribution < -0.4 is 0 Å². The van der Waals surface area contributed by atoms with Gasteiger partial charge in [0.1, 0.15) is 11.5 Å². The Morgan fingerprint density at radius 1 is 0.302 bits per heavy atom. The van der Waals surface area contributed by atoms with Crippen molar-refractivity contribution in [2.45, 2.75) is 316 Å². The Bertz CT molecular complexity index is 1210. The zero-order valence-electron chi connectivity index (χ0n) is 43.1. The maximum atomic E-state index is 11.5. The predicted octanol–water partition coefficient (Wildman–Crippen LogP) is 21.5. The van der Waals surface area contributed by atoms with E-state index in [4.69, 9.17) is 0 Å². The average Bonchev–Trinajstić information content (AvgIpc) is 3.29. The number of benzene rings is 2. The Labute approximate surface area is 394 Å². The lowest BCUT2D eigenvalue weighted by molar-refractivity contribution is 0.446. The van der Waals surface area contributed by atoms with Crippen LogP contribution in [-0.4, -0.2) is 10.2 Å². The molecule has 0 spiro atoms. The molecule has 2 N–H and O–H groups in total. The molecule has 2 unspecified atom stereocenters. The molecule has 364 valence electrons. The topological polar surface area (TPSA) is 40.5 Å². The Hall–Kier alpha value is -1.96. The fourth-order valence-electron chi connectivity index (χ4n) is 10.3. The van der Waals surface area contributed by atoms with Gasteiger partial charge in [-0.2, -0.15) is 0 Å². The predicted molar refractivity (Wildman–Crippen MR) is 281 cm³/mol. The quantitative estimate of drug-likeness (QED) is 0.0651. The van der Waals surface area contributed by atoms with Crippen LogP contribution >= 0.6 is 0 Å². The molecule has 2 nitrogen and oxygen atoms in total. The van der Waals surface area contributed by atoms with E-state index in [0.29, 0.717) is 23.3 Å². The molecule has 0 heterocycles. The standard InChI is InChI=1S/C61H108O2/c1-6-9-12-15-18-21-24-26-28-30-32-35-38-41-44-53(4)55-47-49-60(62)58(51-55)57(46-43-40-37-34-23-20-17-14-11-8-3)59-52-56(48-50-61(59)63)54(5)45-42-39-36-33-31-29-27-25-22-19-16-13-10-7-2/h47-54,57,62-63H,6-46H2,1-5H3. The van der Waals surface area contributed by atoms with E-state index < -0.39 is 0 Å². The zero-order valence-corrected chi connectivity index (χ0v) is 43.1. The summed E-state index contributed by atoms with van der Waals surface area (Å²) in [6, 6.07) is 12.9. The van der Waals surface area contributed by atoms with E-state index in [0.717, 1.165) is 24.0 Å². The first-order valence-electron chi connectivity index (χ1n) is 28.6. The van der Waals surface area contributed by atoms with E-state index in [1.54, 1.807) is 0 Å². The van der Waals surface area contributed by atoms with Gasteiger partial charge in [-0.25, -0.2) is 0 Å². The number of hydrogen-bond donors (Lipinski definition) is 2. The molecular formula is C61H108O2. The molecule has 0 saturated carbocycles. The molecule has 0 aliphatic rings. The van der Waals surface area contributed by atoms with Crippen molar-refractivity contribution in [3.05, 3.63) is 58.7 Å². The van der Waals surface area contributed by atoms with Gasteiger partial charge in [-0.1, -0.05) is 303 Å². The van der Waals surface area contributed by atoms with Crippen LogP contribution in [0.25, 0.3) is 0 Å². The van der Waals surface area contributed by atoms with Gasteiger partial charge in [-0.15, -0.1) is 0 Å². The van der Waals surface area contributed by atoms with Crippen molar-refractivity contribution < 1.29 is 10.2 Å². The smallest absolute Gasteiger partial charge is 0.119 e. The van der Waals surface area contributed by atoms with Crippen molar-refractivity contribution in [3.63, 3.8) is 0 Å². The van der Waals surface area contributed by atoms with Crippen LogP contribution in [0.5, 0.6) is 11.5 Å². The van der Waals surface area contributed by atoms with Gasteiger partial charge in [0, 0.05) is 17.0 Å². The number of aromatic hydroxyl groups is 2. The van der Waals surface area contributed by atoms with Crippen molar-refractivity contribution >= 4 is 0 Å². The van der Waals surface area contributed by atoms with Crippen LogP contribution in [0.2, 0.25) is 0 Å². The molecular weight excluding hydrogens is 765 g/mol. The summed E-state index contributed by atoms with van der Waals surface area (Å²) < 4.78 is 0. The van der Waals surface area contributed by atoms with Crippen LogP contribution in [0.4, 0.5) is 0 Å². The second-order valence-corrected chi connectivity index (χ2v) is 20.7. The summed E-state index contributed by atoms with van der Waals surface area (Å²) in [5, 5.41) is 23.0. The number of hydrogen-bond acceptors (Lipinski definition) is 2. The lowest BCUT2D eigenvalue weighted by atomic mass is 9.81. The Balaban J connectivity index is 1.93. The van der Waals surface area contributed by atoms with Crippen molar-refractivity contribution in [2.24, 2.45) is 0 Å². The third-order valence-electron chi connectivity index (χ3n) is 14.8. The Morgan fingerprint density at radius 2 is 0.524 bits per heavy atom. The molecule has 2 rings (SSSR count). The number of phenols is 2. The van der Waals surface area contributed by atoms with Gasteiger partial charge >= 0.3 is 0 Å². The van der Waals surface area contributed by atoms with Gasteiger partial charge in [0.25, 0.3) is 0 Å². The second kappa shape index (κ2) is 40.3. The number of rotatable bonds is 45. The maximum Gasteiger partial charge on any atom is 0.119 e. The molecule has 2 heteroatoms. The second-order valence-electron chi connectivity index (χ2n) is 20.7. The summed E-state index contributed by atoms with van der Waals surface area (Å²) >= 11 is 0. The minimum absolute atomic E-state index is 0.000426. The van der Waals surface area contributed by atoms with Crippen LogP contribution in [0.3, 0.4) is 0 Å². The number of phenolic OH excluding ortho intramolecular Hbond substituents is 2. The molecule has 0 radical (unpaired) electrons. The van der Waals surface area contributed by atoms with Crippen molar-refractivity contribution in [1.82, 2.24) is 0 Å². The maximum absolute atomic E-state index is 11.5. The van der Waals surface area contributed by atoms with E-state index in [1.165, 1.54) is 262 Å². The zero-order chi connectivity index (χ0) is 45.4. The molecule has 0 saturated heterocycles. The average molecular weight is 874 g/mol. The summed E-state index contributed by atoms with van der Waals surface area (Å²) in [5.74, 6) is 1.70. The van der Waals surface area contributed by atoms with E-state index in [-0.39, 0.29) is 5.92 Å². The molecule has 2 aromatic carbocycles. The van der Waals surface area contributed by atoms with Gasteiger partial charge < -0.3 is 10.2 Å². The SMILES string of the molecule is CCCCCCCCCCCCCCCCC(C)c1ccc(O)c(C(CCCCCCCCCCCC)c2cc(C(C)CCCCCCCCCCCCCCCC)ccc2O)c1. The summed E-state index contributed by atoms with van der Waals surface area (Å²) in [7, 11) is 0. The lowest BCUT2D eigenvalue weighted by Crippen LogP contribution is -2.06. The minimum atomic E-state index is 0.000426. The van der Waals surface area contributed by atoms with Gasteiger partial charge in [0.2, 0.25) is 0 Å². The summed E-state index contributed by atoms with van der Waals surface area (Å²) in [6.45, 7) is 11.7. The van der Waals surface area contributed by atoms with Crippen molar-refractivity contribution in [3.8, 4) is 11.5 Å². The van der Waals surface area contributed by atoms with Gasteiger partial charge in [-0.3, -0.25) is 0 Å². The highest BCUT2D eigenvalue weighted by Gasteiger charge is 2.23. The highest BCUT2D eigenvalue weighted by molar-refractivity contribution is 5.49. The summed E-state index contributed by atoms with van der Waals surface area (Å²) in [4.78, 5) is 0. The van der Waals surface area contributed by atoms with E-state index in [2.05, 4.69) is 58.9 Å². The molecule has 0 aliphatic heterocycles. The molecule has 0 fully saturated rings. The molecule has 0 bridgehead atoms. The van der Waals surface area contributed by atoms with E-state index >= 15 is 0 Å². The van der Waals surface area contributed by atoms with Crippen molar-refractivity contribution in [2.75, 3.05) is 0 Å². The van der Waals surface area contributed by atoms with Gasteiger partial charge in [0.15, 0.2) is 0 Å². The molecule has 0 aromatic heterocycles. The first-order chi connectivity index (χ1) is 30.9. The highest BCUT2D eigenvalue weighted by atomic mass is 16.3. The fourth-order valence-corrected chi connectivity index (χ4v) is 10.3. The van der Waals surface area contributed by atoms with Gasteiger partial charge in [-0.05, 0) is 54.4 Å². The third kappa shape index (κ3) is 28.6. The minimum Gasteiger partial charge on any atom is -0.508 e. The van der Waals surface area contributed by atoms with Crippen molar-refractivity contribution in [1.29, 1.82) is 0 Å². The Kier molecular flexibility index (Phi) is 36.6. The van der Waals surface area contributed by atoms with E-state index in [9.17, 15) is 10.2 Å². The van der Waals surface area contributed by atoms with Crippen LogP contribution in [0.1, 0.15) is 338 Å². The normalized spacial score (nSPS) is 13.2. The van der Waals surface area contributed by atoms with Crippen LogP contribution in [0, 0.1) is 0 Å². The monoisotopic (exact) mass is 873 g/mol. The number of unbranched alkanes of at least 4 members (excludes halogenated alkanes) is 35.